The number of fused-ring (bicyclic) bond motifs is 5. The summed E-state index contributed by atoms with van der Waals surface area (Å²) in [4.78, 5) is 28.3. The molecule has 1 N–H and O–H groups in total. The number of methoxy groups -OCH3 is 1. The summed E-state index contributed by atoms with van der Waals surface area (Å²) >= 11 is 0. The molecule has 9 atom stereocenters. The zero-order chi connectivity index (χ0) is 25.7. The van der Waals surface area contributed by atoms with Crippen LogP contribution in [0.25, 0.3) is 0 Å². The molecule has 0 bridgehead atoms. The Hall–Kier alpha value is -1.30. The van der Waals surface area contributed by atoms with E-state index in [0.29, 0.717) is 49.3 Å². The minimum Gasteiger partial charge on any atom is -0.453 e. The van der Waals surface area contributed by atoms with Gasteiger partial charge >= 0.3 is 6.09 Å². The molecular weight excluding hydrogens is 452 g/mol. The van der Waals surface area contributed by atoms with Gasteiger partial charge in [0.15, 0.2) is 0 Å². The van der Waals surface area contributed by atoms with E-state index in [0.717, 1.165) is 48.9 Å². The van der Waals surface area contributed by atoms with E-state index >= 15 is 0 Å². The highest BCUT2D eigenvalue weighted by Gasteiger charge is 2.60. The number of amides is 2. The molecule has 1 aliphatic heterocycles. The second kappa shape index (κ2) is 10.1. The van der Waals surface area contributed by atoms with Gasteiger partial charge < -0.3 is 19.6 Å². The number of carbonyl (C=O) groups is 2. The predicted octanol–water partition coefficient (Wildman–Crippen LogP) is 5.33. The lowest BCUT2D eigenvalue weighted by molar-refractivity contribution is -0.134. The third-order valence-corrected chi connectivity index (χ3v) is 12.3. The lowest BCUT2D eigenvalue weighted by Gasteiger charge is -2.61. The zero-order valence-corrected chi connectivity index (χ0v) is 23.2. The number of piperazine rings is 1. The molecule has 36 heavy (non-hydrogen) atoms. The van der Waals surface area contributed by atoms with Crippen LogP contribution in [0.2, 0.25) is 0 Å². The van der Waals surface area contributed by atoms with Crippen molar-refractivity contribution >= 4 is 12.0 Å². The molecule has 4 saturated carbocycles. The summed E-state index contributed by atoms with van der Waals surface area (Å²) in [5.41, 5.74) is 0.866. The molecule has 1 saturated heterocycles. The third-order valence-electron chi connectivity index (χ3n) is 12.3. The SMILES string of the molecule is COC(=O)N1CCN(C(=O)CC[C@@H](C)[C@H]2CC[C@H]3[C@@H]4CC[C@H]5C[C@@H](O)CC[C@]5(C)[C@H]4CC[C@]23C)CC1. The molecule has 0 aromatic rings. The fourth-order valence-electron chi connectivity index (χ4n) is 10.2. The van der Waals surface area contributed by atoms with Crippen LogP contribution in [0, 0.1) is 46.3 Å². The second-order valence-corrected chi connectivity index (χ2v) is 13.7. The Bertz CT molecular complexity index is 826. The molecule has 204 valence electrons. The molecule has 0 unspecified atom stereocenters. The first-order valence-corrected chi connectivity index (χ1v) is 15.0. The lowest BCUT2D eigenvalue weighted by atomic mass is 9.44. The van der Waals surface area contributed by atoms with Crippen LogP contribution in [0.3, 0.4) is 0 Å². The van der Waals surface area contributed by atoms with Crippen LogP contribution < -0.4 is 0 Å². The first kappa shape index (κ1) is 26.3. The molecule has 0 aromatic carbocycles. The average Bonchev–Trinajstić information content (AvgIpc) is 3.24. The van der Waals surface area contributed by atoms with Gasteiger partial charge in [0.1, 0.15) is 0 Å². The number of aliphatic hydroxyl groups is 1. The highest BCUT2D eigenvalue weighted by Crippen LogP contribution is 2.68. The van der Waals surface area contributed by atoms with Crippen LogP contribution in [0.4, 0.5) is 4.79 Å². The topological polar surface area (TPSA) is 70.1 Å². The van der Waals surface area contributed by atoms with Crippen molar-refractivity contribution in [3.05, 3.63) is 0 Å². The Morgan fingerprint density at radius 2 is 1.58 bits per heavy atom. The number of hydrogen-bond acceptors (Lipinski definition) is 4. The molecule has 5 aliphatic rings. The molecule has 6 heteroatoms. The van der Waals surface area contributed by atoms with Gasteiger partial charge in [-0.1, -0.05) is 20.8 Å². The van der Waals surface area contributed by atoms with Gasteiger partial charge in [-0.25, -0.2) is 4.79 Å². The first-order chi connectivity index (χ1) is 17.2. The standard InChI is InChI=1S/C30H50N2O4/c1-20(5-10-27(34)31-15-17-32(18-16-31)28(35)36-4)24-8-9-25-23-7-6-21-19-22(33)11-13-29(21,2)26(23)12-14-30(24,25)3/h20-26,33H,5-19H2,1-4H3/t20-,21+,22+,23+,24-,25+,26+,29+,30-/m1/s1. The maximum atomic E-state index is 13.0. The molecule has 0 radical (unpaired) electrons. The van der Waals surface area contributed by atoms with Crippen molar-refractivity contribution in [2.24, 2.45) is 46.3 Å². The average molecular weight is 503 g/mol. The summed E-state index contributed by atoms with van der Waals surface area (Å²) in [5.74, 6) is 4.84. The molecule has 5 rings (SSSR count). The second-order valence-electron chi connectivity index (χ2n) is 13.7. The summed E-state index contributed by atoms with van der Waals surface area (Å²) in [6, 6.07) is 0. The van der Waals surface area contributed by atoms with E-state index < -0.39 is 0 Å². The molecular formula is C30H50N2O4. The van der Waals surface area contributed by atoms with Crippen molar-refractivity contribution < 1.29 is 19.4 Å². The van der Waals surface area contributed by atoms with Crippen molar-refractivity contribution in [3.63, 3.8) is 0 Å². The molecule has 2 amide bonds. The number of rotatable bonds is 4. The zero-order valence-electron chi connectivity index (χ0n) is 23.2. The van der Waals surface area contributed by atoms with Gasteiger partial charge in [0.25, 0.3) is 0 Å². The minimum absolute atomic E-state index is 0.0652. The Morgan fingerprint density at radius 3 is 2.31 bits per heavy atom. The van der Waals surface area contributed by atoms with E-state index in [1.165, 1.54) is 52.1 Å². The van der Waals surface area contributed by atoms with Gasteiger partial charge in [-0.3, -0.25) is 4.79 Å². The van der Waals surface area contributed by atoms with Crippen molar-refractivity contribution in [2.75, 3.05) is 33.3 Å². The number of aliphatic hydroxyl groups excluding tert-OH is 1. The quantitative estimate of drug-likeness (QED) is 0.564. The van der Waals surface area contributed by atoms with Crippen molar-refractivity contribution in [2.45, 2.75) is 97.5 Å². The summed E-state index contributed by atoms with van der Waals surface area (Å²) in [5, 5.41) is 10.3. The number of carbonyl (C=O) groups excluding carboxylic acids is 2. The monoisotopic (exact) mass is 502 g/mol. The Labute approximate surface area is 218 Å². The fraction of sp³-hybridized carbons (Fsp3) is 0.933. The molecule has 5 fully saturated rings. The van der Waals surface area contributed by atoms with Crippen molar-refractivity contribution in [3.8, 4) is 0 Å². The van der Waals surface area contributed by atoms with Gasteiger partial charge in [-0.15, -0.1) is 0 Å². The van der Waals surface area contributed by atoms with Crippen LogP contribution in [0.1, 0.15) is 91.4 Å². The van der Waals surface area contributed by atoms with E-state index in [2.05, 4.69) is 20.8 Å². The minimum atomic E-state index is -0.293. The van der Waals surface area contributed by atoms with Gasteiger partial charge in [0, 0.05) is 32.6 Å². The Kier molecular flexibility index (Phi) is 7.39. The van der Waals surface area contributed by atoms with Crippen LogP contribution in [0.5, 0.6) is 0 Å². The molecule has 0 spiro atoms. The molecule has 6 nitrogen and oxygen atoms in total. The summed E-state index contributed by atoms with van der Waals surface area (Å²) in [7, 11) is 1.41. The Morgan fingerprint density at radius 1 is 0.917 bits per heavy atom. The van der Waals surface area contributed by atoms with Gasteiger partial charge in [0.05, 0.1) is 13.2 Å². The van der Waals surface area contributed by atoms with Gasteiger partial charge in [-0.05, 0) is 111 Å². The largest absolute Gasteiger partial charge is 0.453 e. The maximum absolute atomic E-state index is 13.0. The first-order valence-electron chi connectivity index (χ1n) is 15.0. The van der Waals surface area contributed by atoms with Crippen molar-refractivity contribution in [1.82, 2.24) is 9.80 Å². The number of nitrogens with zero attached hydrogens (tertiary/aromatic N) is 2. The third kappa shape index (κ3) is 4.47. The van der Waals surface area contributed by atoms with Crippen LogP contribution in [-0.4, -0.2) is 66.3 Å². The van der Waals surface area contributed by atoms with E-state index in [1.54, 1.807) is 4.90 Å². The van der Waals surface area contributed by atoms with Crippen LogP contribution >= 0.6 is 0 Å². The lowest BCUT2D eigenvalue weighted by Crippen LogP contribution is -2.54. The highest BCUT2D eigenvalue weighted by molar-refractivity contribution is 5.76. The normalized spacial score (nSPS) is 43.2. The fourth-order valence-corrected chi connectivity index (χ4v) is 10.2. The van der Waals surface area contributed by atoms with Crippen molar-refractivity contribution in [1.29, 1.82) is 0 Å². The smallest absolute Gasteiger partial charge is 0.409 e. The number of ether oxygens (including phenoxy) is 1. The van der Waals surface area contributed by atoms with E-state index in [9.17, 15) is 14.7 Å². The molecule has 1 heterocycles. The van der Waals surface area contributed by atoms with Crippen LogP contribution in [0.15, 0.2) is 0 Å². The Balaban J connectivity index is 1.17. The predicted molar refractivity (Wildman–Crippen MR) is 140 cm³/mol. The molecule has 0 aromatic heterocycles. The highest BCUT2D eigenvalue weighted by atomic mass is 16.5. The van der Waals surface area contributed by atoms with Crippen LogP contribution in [-0.2, 0) is 9.53 Å². The maximum Gasteiger partial charge on any atom is 0.409 e. The number of hydrogen-bond donors (Lipinski definition) is 1. The van der Waals surface area contributed by atoms with E-state index in [4.69, 9.17) is 4.74 Å². The summed E-state index contributed by atoms with van der Waals surface area (Å²) in [6.45, 7) is 9.96. The van der Waals surface area contributed by atoms with Gasteiger partial charge in [0.2, 0.25) is 5.91 Å². The summed E-state index contributed by atoms with van der Waals surface area (Å²) in [6.07, 6.45) is 12.6. The van der Waals surface area contributed by atoms with Gasteiger partial charge in [-0.2, -0.15) is 0 Å². The molecule has 4 aliphatic carbocycles. The summed E-state index contributed by atoms with van der Waals surface area (Å²) < 4.78 is 4.82. The van der Waals surface area contributed by atoms with E-state index in [1.807, 2.05) is 4.90 Å². The van der Waals surface area contributed by atoms with E-state index in [-0.39, 0.29) is 18.1 Å².